The molecule has 1 aromatic rings. The van der Waals surface area contributed by atoms with Gasteiger partial charge in [-0.15, -0.1) is 0 Å². The Morgan fingerprint density at radius 3 is 2.88 bits per heavy atom. The number of nitrogens with zero attached hydrogens (tertiary/aromatic N) is 1. The monoisotopic (exact) mass is 296 g/mol. The van der Waals surface area contributed by atoms with Crippen LogP contribution in [0.4, 0.5) is 0 Å². The van der Waals surface area contributed by atoms with Gasteiger partial charge < -0.3 is 10.1 Å². The minimum Gasteiger partial charge on any atom is -0.492 e. The Morgan fingerprint density at radius 2 is 2.24 bits per heavy atom. The highest BCUT2D eigenvalue weighted by atomic mass is 79.9. The zero-order chi connectivity index (χ0) is 12.7. The third-order valence-corrected chi connectivity index (χ3v) is 2.69. The molecule has 0 amide bonds. The lowest BCUT2D eigenvalue weighted by molar-refractivity contribution is 0.305. The first-order valence-corrected chi connectivity index (χ1v) is 6.48. The van der Waals surface area contributed by atoms with Gasteiger partial charge in [0.2, 0.25) is 0 Å². The van der Waals surface area contributed by atoms with Gasteiger partial charge in [0.1, 0.15) is 11.8 Å². The van der Waals surface area contributed by atoms with E-state index >= 15 is 0 Å². The second-order valence-electron chi connectivity index (χ2n) is 4.06. The molecule has 92 valence electrons. The molecule has 0 aliphatic rings. The molecule has 0 heterocycles. The molecule has 0 atom stereocenters. The molecule has 17 heavy (non-hydrogen) atoms. The van der Waals surface area contributed by atoms with Crippen LogP contribution in [0.1, 0.15) is 25.8 Å². The summed E-state index contributed by atoms with van der Waals surface area (Å²) in [6.45, 7) is 5.77. The number of ether oxygens (including phenoxy) is 1. The molecule has 0 fully saturated rings. The molecule has 1 aromatic carbocycles. The normalized spacial score (nSPS) is 10.3. The van der Waals surface area contributed by atoms with E-state index in [4.69, 9.17) is 10.00 Å². The van der Waals surface area contributed by atoms with E-state index in [0.29, 0.717) is 24.0 Å². The van der Waals surface area contributed by atoms with Crippen molar-refractivity contribution in [1.82, 2.24) is 5.32 Å². The van der Waals surface area contributed by atoms with Crippen LogP contribution in [0, 0.1) is 11.3 Å². The molecule has 1 N–H and O–H groups in total. The summed E-state index contributed by atoms with van der Waals surface area (Å²) in [5.74, 6) is 0.645. The molecular formula is C13H17BrN2O. The Hall–Kier alpha value is -1.05. The second kappa shape index (κ2) is 7.31. The van der Waals surface area contributed by atoms with Crippen LogP contribution in [-0.2, 0) is 0 Å². The number of hydrogen-bond acceptors (Lipinski definition) is 3. The van der Waals surface area contributed by atoms with Gasteiger partial charge in [-0.25, -0.2) is 0 Å². The maximum absolute atomic E-state index is 8.93. The molecule has 3 nitrogen and oxygen atoms in total. The van der Waals surface area contributed by atoms with E-state index in [2.05, 4.69) is 41.2 Å². The molecule has 0 spiro atoms. The number of nitrogens with one attached hydrogen (secondary N) is 1. The Bertz CT molecular complexity index is 399. The zero-order valence-corrected chi connectivity index (χ0v) is 11.8. The molecule has 0 aliphatic carbocycles. The summed E-state index contributed by atoms with van der Waals surface area (Å²) in [4.78, 5) is 0. The smallest absolute Gasteiger partial charge is 0.138 e. The molecule has 0 aliphatic heterocycles. The molecule has 0 saturated carbocycles. The summed E-state index contributed by atoms with van der Waals surface area (Å²) in [7, 11) is 0. The van der Waals surface area contributed by atoms with Gasteiger partial charge in [0.15, 0.2) is 0 Å². The third-order valence-electron chi connectivity index (χ3n) is 2.20. The van der Waals surface area contributed by atoms with Crippen molar-refractivity contribution in [2.24, 2.45) is 0 Å². The van der Waals surface area contributed by atoms with Gasteiger partial charge in [0.25, 0.3) is 0 Å². The molecule has 0 unspecified atom stereocenters. The van der Waals surface area contributed by atoms with Crippen LogP contribution in [0.2, 0.25) is 0 Å². The van der Waals surface area contributed by atoms with E-state index in [1.165, 1.54) is 0 Å². The predicted octanol–water partition coefficient (Wildman–Crippen LogP) is 3.09. The van der Waals surface area contributed by atoms with Crippen LogP contribution in [0.5, 0.6) is 5.75 Å². The summed E-state index contributed by atoms with van der Waals surface area (Å²) in [5, 5.41) is 12.2. The van der Waals surface area contributed by atoms with Crippen molar-refractivity contribution < 1.29 is 4.74 Å². The predicted molar refractivity (Wildman–Crippen MR) is 72.1 cm³/mol. The van der Waals surface area contributed by atoms with Gasteiger partial charge in [0, 0.05) is 10.5 Å². The quantitative estimate of drug-likeness (QED) is 0.821. The van der Waals surface area contributed by atoms with E-state index in [1.807, 2.05) is 12.1 Å². The lowest BCUT2D eigenvalue weighted by Crippen LogP contribution is -2.24. The van der Waals surface area contributed by atoms with Crippen LogP contribution in [0.3, 0.4) is 0 Å². The fourth-order valence-electron chi connectivity index (χ4n) is 1.35. The van der Waals surface area contributed by atoms with Gasteiger partial charge in [0.05, 0.1) is 12.2 Å². The van der Waals surface area contributed by atoms with Crippen molar-refractivity contribution in [3.05, 3.63) is 28.2 Å². The first-order chi connectivity index (χ1) is 8.13. The largest absolute Gasteiger partial charge is 0.492 e. The summed E-state index contributed by atoms with van der Waals surface area (Å²) < 4.78 is 6.52. The Labute approximate surface area is 111 Å². The molecule has 0 saturated heterocycles. The van der Waals surface area contributed by atoms with Crippen molar-refractivity contribution in [1.29, 1.82) is 5.26 Å². The lowest BCUT2D eigenvalue weighted by atomic mass is 10.2. The van der Waals surface area contributed by atoms with E-state index in [0.717, 1.165) is 17.4 Å². The number of benzene rings is 1. The van der Waals surface area contributed by atoms with Crippen molar-refractivity contribution in [3.63, 3.8) is 0 Å². The third kappa shape index (κ3) is 5.20. The van der Waals surface area contributed by atoms with Gasteiger partial charge in [-0.2, -0.15) is 5.26 Å². The summed E-state index contributed by atoms with van der Waals surface area (Å²) >= 11 is 3.37. The first-order valence-electron chi connectivity index (χ1n) is 5.69. The Kier molecular flexibility index (Phi) is 6.03. The average Bonchev–Trinajstić information content (AvgIpc) is 2.28. The first kappa shape index (κ1) is 14.0. The van der Waals surface area contributed by atoms with Gasteiger partial charge >= 0.3 is 0 Å². The molecule has 0 bridgehead atoms. The van der Waals surface area contributed by atoms with Gasteiger partial charge in [-0.05, 0) is 31.2 Å². The van der Waals surface area contributed by atoms with Crippen LogP contribution in [0.15, 0.2) is 22.7 Å². The van der Waals surface area contributed by atoms with Crippen molar-refractivity contribution in [2.45, 2.75) is 26.3 Å². The zero-order valence-electron chi connectivity index (χ0n) is 10.2. The molecule has 0 aromatic heterocycles. The van der Waals surface area contributed by atoms with Gasteiger partial charge in [-0.1, -0.05) is 29.8 Å². The SMILES string of the molecule is CC(C)NCCCOc1cc(Br)ccc1C#N. The summed E-state index contributed by atoms with van der Waals surface area (Å²) in [6, 6.07) is 8.04. The van der Waals surface area contributed by atoms with Crippen LogP contribution >= 0.6 is 15.9 Å². The Balaban J connectivity index is 2.41. The van der Waals surface area contributed by atoms with Crippen molar-refractivity contribution >= 4 is 15.9 Å². The molecular weight excluding hydrogens is 280 g/mol. The van der Waals surface area contributed by atoms with Crippen LogP contribution in [-0.4, -0.2) is 19.2 Å². The van der Waals surface area contributed by atoms with Gasteiger partial charge in [-0.3, -0.25) is 0 Å². The minimum absolute atomic E-state index is 0.496. The highest BCUT2D eigenvalue weighted by Crippen LogP contribution is 2.23. The topological polar surface area (TPSA) is 45.0 Å². The standard InChI is InChI=1S/C13H17BrN2O/c1-10(2)16-6-3-7-17-13-8-12(14)5-4-11(13)9-15/h4-5,8,10,16H,3,6-7H2,1-2H3. The highest BCUT2D eigenvalue weighted by molar-refractivity contribution is 9.10. The highest BCUT2D eigenvalue weighted by Gasteiger charge is 2.03. The van der Waals surface area contributed by atoms with Crippen molar-refractivity contribution in [3.8, 4) is 11.8 Å². The molecule has 1 rings (SSSR count). The number of rotatable bonds is 6. The van der Waals surface area contributed by atoms with Crippen molar-refractivity contribution in [2.75, 3.05) is 13.2 Å². The maximum Gasteiger partial charge on any atom is 0.138 e. The minimum atomic E-state index is 0.496. The van der Waals surface area contributed by atoms with E-state index in [1.54, 1.807) is 6.07 Å². The molecule has 4 heteroatoms. The number of halogens is 1. The van der Waals surface area contributed by atoms with E-state index < -0.39 is 0 Å². The average molecular weight is 297 g/mol. The second-order valence-corrected chi connectivity index (χ2v) is 4.98. The number of hydrogen-bond donors (Lipinski definition) is 1. The maximum atomic E-state index is 8.93. The fourth-order valence-corrected chi connectivity index (χ4v) is 1.69. The lowest BCUT2D eigenvalue weighted by Gasteiger charge is -2.10. The van der Waals surface area contributed by atoms with Crippen LogP contribution < -0.4 is 10.1 Å². The molecule has 0 radical (unpaired) electrons. The summed E-state index contributed by atoms with van der Waals surface area (Å²) in [6.07, 6.45) is 0.926. The fraction of sp³-hybridized carbons (Fsp3) is 0.462. The Morgan fingerprint density at radius 1 is 1.47 bits per heavy atom. The summed E-state index contributed by atoms with van der Waals surface area (Å²) in [5.41, 5.74) is 0.574. The van der Waals surface area contributed by atoms with Crippen LogP contribution in [0.25, 0.3) is 0 Å². The van der Waals surface area contributed by atoms with E-state index in [9.17, 15) is 0 Å². The number of nitriles is 1. The van der Waals surface area contributed by atoms with E-state index in [-0.39, 0.29) is 0 Å².